The number of ether oxygens (including phenoxy) is 1. The van der Waals surface area contributed by atoms with E-state index in [0.29, 0.717) is 25.4 Å². The van der Waals surface area contributed by atoms with Gasteiger partial charge in [-0.3, -0.25) is 9.59 Å². The molecule has 1 N–H and O–H groups in total. The maximum Gasteiger partial charge on any atom is 0.310 e. The molecule has 0 aromatic carbocycles. The van der Waals surface area contributed by atoms with Crippen LogP contribution in [0.4, 0.5) is 0 Å². The van der Waals surface area contributed by atoms with E-state index < -0.39 is 17.8 Å². The van der Waals surface area contributed by atoms with Crippen molar-refractivity contribution in [2.75, 3.05) is 6.61 Å². The van der Waals surface area contributed by atoms with Crippen molar-refractivity contribution in [1.29, 1.82) is 0 Å². The smallest absolute Gasteiger partial charge is 0.310 e. The molecule has 0 fully saturated rings. The summed E-state index contributed by atoms with van der Waals surface area (Å²) in [6, 6.07) is 0. The molecule has 1 rings (SSSR count). The first kappa shape index (κ1) is 16.7. The SMILES string of the molecule is CCCCC(CC)COC(=O)C1CC=CCC1C(=O)O. The summed E-state index contributed by atoms with van der Waals surface area (Å²) in [7, 11) is 0. The van der Waals surface area contributed by atoms with Crippen LogP contribution in [-0.2, 0) is 14.3 Å². The highest BCUT2D eigenvalue weighted by atomic mass is 16.5. The maximum atomic E-state index is 12.1. The molecule has 0 radical (unpaired) electrons. The number of unbranched alkanes of at least 4 members (excludes halogenated alkanes) is 1. The van der Waals surface area contributed by atoms with Crippen LogP contribution in [0.15, 0.2) is 12.2 Å². The maximum absolute atomic E-state index is 12.1. The van der Waals surface area contributed by atoms with Gasteiger partial charge in [0.05, 0.1) is 18.4 Å². The fraction of sp³-hybridized carbons (Fsp3) is 0.750. The molecule has 0 amide bonds. The third kappa shape index (κ3) is 4.99. The molecule has 0 saturated heterocycles. The second-order valence-corrected chi connectivity index (χ2v) is 5.54. The number of esters is 1. The van der Waals surface area contributed by atoms with Crippen LogP contribution < -0.4 is 0 Å². The number of aliphatic carboxylic acids is 1. The summed E-state index contributed by atoms with van der Waals surface area (Å²) in [5.74, 6) is -2.03. The van der Waals surface area contributed by atoms with Gasteiger partial charge in [0.2, 0.25) is 0 Å². The predicted molar refractivity (Wildman–Crippen MR) is 77.3 cm³/mol. The number of hydrogen-bond donors (Lipinski definition) is 1. The van der Waals surface area contributed by atoms with E-state index in [2.05, 4.69) is 13.8 Å². The van der Waals surface area contributed by atoms with E-state index in [9.17, 15) is 9.59 Å². The predicted octanol–water partition coefficient (Wildman–Crippen LogP) is 3.41. The largest absolute Gasteiger partial charge is 0.481 e. The van der Waals surface area contributed by atoms with Gasteiger partial charge in [-0.05, 0) is 25.2 Å². The standard InChI is InChI=1S/C16H26O4/c1-3-5-8-12(4-2)11-20-16(19)14-10-7-6-9-13(14)15(17)18/h6-7,12-14H,3-5,8-11H2,1-2H3,(H,17,18). The summed E-state index contributed by atoms with van der Waals surface area (Å²) in [4.78, 5) is 23.3. The lowest BCUT2D eigenvalue weighted by Gasteiger charge is -2.24. The lowest BCUT2D eigenvalue weighted by atomic mass is 9.83. The molecule has 4 heteroatoms. The van der Waals surface area contributed by atoms with Crippen molar-refractivity contribution in [2.24, 2.45) is 17.8 Å². The van der Waals surface area contributed by atoms with Crippen LogP contribution in [0, 0.1) is 17.8 Å². The lowest BCUT2D eigenvalue weighted by Crippen LogP contribution is -2.33. The third-order valence-electron chi connectivity index (χ3n) is 4.06. The molecular weight excluding hydrogens is 256 g/mol. The first-order valence-corrected chi connectivity index (χ1v) is 7.64. The average molecular weight is 282 g/mol. The first-order valence-electron chi connectivity index (χ1n) is 7.64. The Labute approximate surface area is 121 Å². The Bertz CT molecular complexity index is 348. The Morgan fingerprint density at radius 3 is 2.45 bits per heavy atom. The molecular formula is C16H26O4. The van der Waals surface area contributed by atoms with Gasteiger partial charge in [0.25, 0.3) is 0 Å². The van der Waals surface area contributed by atoms with E-state index in [4.69, 9.17) is 9.84 Å². The van der Waals surface area contributed by atoms with Gasteiger partial charge < -0.3 is 9.84 Å². The Morgan fingerprint density at radius 2 is 1.90 bits per heavy atom. The Balaban J connectivity index is 2.48. The summed E-state index contributed by atoms with van der Waals surface area (Å²) >= 11 is 0. The molecule has 0 aliphatic heterocycles. The zero-order chi connectivity index (χ0) is 15.0. The van der Waals surface area contributed by atoms with Gasteiger partial charge in [-0.2, -0.15) is 0 Å². The number of carboxylic acids is 1. The normalized spacial score (nSPS) is 23.3. The number of carboxylic acid groups (broad SMARTS) is 1. The fourth-order valence-electron chi connectivity index (χ4n) is 2.55. The Hall–Kier alpha value is -1.32. The highest BCUT2D eigenvalue weighted by molar-refractivity contribution is 5.81. The Morgan fingerprint density at radius 1 is 1.25 bits per heavy atom. The van der Waals surface area contributed by atoms with Crippen LogP contribution in [0.1, 0.15) is 52.4 Å². The van der Waals surface area contributed by atoms with Crippen LogP contribution in [0.3, 0.4) is 0 Å². The van der Waals surface area contributed by atoms with E-state index in [-0.39, 0.29) is 5.97 Å². The van der Waals surface area contributed by atoms with Gasteiger partial charge in [-0.25, -0.2) is 0 Å². The van der Waals surface area contributed by atoms with Crippen LogP contribution in [0.25, 0.3) is 0 Å². The molecule has 4 nitrogen and oxygen atoms in total. The number of hydrogen-bond acceptors (Lipinski definition) is 3. The lowest BCUT2D eigenvalue weighted by molar-refractivity contribution is -0.159. The molecule has 114 valence electrons. The molecule has 1 aliphatic rings. The van der Waals surface area contributed by atoms with E-state index in [1.165, 1.54) is 0 Å². The third-order valence-corrected chi connectivity index (χ3v) is 4.06. The zero-order valence-electron chi connectivity index (χ0n) is 12.5. The van der Waals surface area contributed by atoms with Gasteiger partial charge in [-0.15, -0.1) is 0 Å². The van der Waals surface area contributed by atoms with Crippen LogP contribution in [0.5, 0.6) is 0 Å². The van der Waals surface area contributed by atoms with Gasteiger partial charge in [0.15, 0.2) is 0 Å². The highest BCUT2D eigenvalue weighted by Gasteiger charge is 2.35. The zero-order valence-corrected chi connectivity index (χ0v) is 12.5. The number of carbonyl (C=O) groups is 2. The van der Waals surface area contributed by atoms with Crippen molar-refractivity contribution in [3.05, 3.63) is 12.2 Å². The summed E-state index contributed by atoms with van der Waals surface area (Å²) in [6.45, 7) is 4.66. The van der Waals surface area contributed by atoms with Gasteiger partial charge in [0.1, 0.15) is 0 Å². The number of allylic oxidation sites excluding steroid dienone is 2. The summed E-state index contributed by atoms with van der Waals surface area (Å²) in [5, 5.41) is 9.16. The van der Waals surface area contributed by atoms with Crippen molar-refractivity contribution in [2.45, 2.75) is 52.4 Å². The topological polar surface area (TPSA) is 63.6 Å². The number of rotatable bonds is 8. The molecule has 0 saturated carbocycles. The number of carbonyl (C=O) groups excluding carboxylic acids is 1. The summed E-state index contributed by atoms with van der Waals surface area (Å²) in [5.41, 5.74) is 0. The van der Waals surface area contributed by atoms with E-state index in [0.717, 1.165) is 25.7 Å². The second-order valence-electron chi connectivity index (χ2n) is 5.54. The molecule has 3 unspecified atom stereocenters. The van der Waals surface area contributed by atoms with Crippen molar-refractivity contribution < 1.29 is 19.4 Å². The first-order chi connectivity index (χ1) is 9.60. The molecule has 0 spiro atoms. The van der Waals surface area contributed by atoms with Crippen molar-refractivity contribution in [3.8, 4) is 0 Å². The molecule has 0 aromatic heterocycles. The van der Waals surface area contributed by atoms with Crippen molar-refractivity contribution in [3.63, 3.8) is 0 Å². The quantitative estimate of drug-likeness (QED) is 0.547. The summed E-state index contributed by atoms with van der Waals surface area (Å²) in [6.07, 6.45) is 8.93. The van der Waals surface area contributed by atoms with E-state index in [1.807, 2.05) is 12.2 Å². The molecule has 0 heterocycles. The molecule has 0 bridgehead atoms. The minimum absolute atomic E-state index is 0.350. The highest BCUT2D eigenvalue weighted by Crippen LogP contribution is 2.27. The van der Waals surface area contributed by atoms with Crippen LogP contribution in [0.2, 0.25) is 0 Å². The fourth-order valence-corrected chi connectivity index (χ4v) is 2.55. The molecule has 3 atom stereocenters. The molecule has 1 aliphatic carbocycles. The molecule has 0 aromatic rings. The van der Waals surface area contributed by atoms with E-state index >= 15 is 0 Å². The van der Waals surface area contributed by atoms with Crippen molar-refractivity contribution >= 4 is 11.9 Å². The van der Waals surface area contributed by atoms with Gasteiger partial charge >= 0.3 is 11.9 Å². The minimum Gasteiger partial charge on any atom is -0.481 e. The Kier molecular flexibility index (Phi) is 7.34. The van der Waals surface area contributed by atoms with Crippen molar-refractivity contribution in [1.82, 2.24) is 0 Å². The van der Waals surface area contributed by atoms with Crippen LogP contribution >= 0.6 is 0 Å². The van der Waals surface area contributed by atoms with Gasteiger partial charge in [0, 0.05) is 0 Å². The summed E-state index contributed by atoms with van der Waals surface area (Å²) < 4.78 is 5.38. The monoisotopic (exact) mass is 282 g/mol. The van der Waals surface area contributed by atoms with E-state index in [1.54, 1.807) is 0 Å². The van der Waals surface area contributed by atoms with Crippen LogP contribution in [-0.4, -0.2) is 23.7 Å². The second kappa shape index (κ2) is 8.77. The minimum atomic E-state index is -0.908. The van der Waals surface area contributed by atoms with Gasteiger partial charge in [-0.1, -0.05) is 45.3 Å². The molecule has 20 heavy (non-hydrogen) atoms. The average Bonchev–Trinajstić information content (AvgIpc) is 2.47.